The number of aliphatic imine (C=N–C) groups is 1. The molecule has 1 fully saturated rings. The third-order valence-electron chi connectivity index (χ3n) is 4.09. The lowest BCUT2D eigenvalue weighted by atomic mass is 10.3. The number of carbonyl (C=O) groups excluding carboxylic acids is 1. The lowest BCUT2D eigenvalue weighted by Gasteiger charge is -2.13. The van der Waals surface area contributed by atoms with E-state index in [1.807, 2.05) is 16.9 Å². The molecule has 25 heavy (non-hydrogen) atoms. The van der Waals surface area contributed by atoms with Gasteiger partial charge in [-0.25, -0.2) is 0 Å². The molecule has 1 saturated carbocycles. The van der Waals surface area contributed by atoms with E-state index >= 15 is 0 Å². The molecule has 0 unspecified atom stereocenters. The molecule has 0 aromatic carbocycles. The van der Waals surface area contributed by atoms with E-state index in [0.717, 1.165) is 44.7 Å². The third kappa shape index (κ3) is 9.08. The van der Waals surface area contributed by atoms with Gasteiger partial charge in [0.2, 0.25) is 0 Å². The summed E-state index contributed by atoms with van der Waals surface area (Å²) in [7, 11) is 1.75. The van der Waals surface area contributed by atoms with Crippen LogP contribution in [0.2, 0.25) is 0 Å². The minimum Gasteiger partial charge on any atom is -0.462 e. The zero-order chi connectivity index (χ0) is 17.0. The molecule has 0 aliphatic heterocycles. The summed E-state index contributed by atoms with van der Waals surface area (Å²) < 4.78 is 7.35. The first-order valence-corrected chi connectivity index (χ1v) is 8.89. The summed E-state index contributed by atoms with van der Waals surface area (Å²) >= 11 is 0. The topological polar surface area (TPSA) is 80.5 Å². The molecule has 2 N–H and O–H groups in total. The summed E-state index contributed by atoms with van der Waals surface area (Å²) in [4.78, 5) is 15.9. The molecule has 1 aromatic heterocycles. The summed E-state index contributed by atoms with van der Waals surface area (Å²) in [6, 6.07) is 1.92. The minimum absolute atomic E-state index is 0. The van der Waals surface area contributed by atoms with Crippen LogP contribution in [0.4, 0.5) is 0 Å². The van der Waals surface area contributed by atoms with Crippen molar-refractivity contribution in [2.45, 2.75) is 57.6 Å². The Labute approximate surface area is 167 Å². The molecule has 1 heterocycles. The van der Waals surface area contributed by atoms with Gasteiger partial charge in [-0.2, -0.15) is 5.10 Å². The highest BCUT2D eigenvalue weighted by molar-refractivity contribution is 14.0. The maximum atomic E-state index is 11.7. The van der Waals surface area contributed by atoms with Crippen molar-refractivity contribution in [3.05, 3.63) is 18.5 Å². The highest BCUT2D eigenvalue weighted by atomic mass is 127. The number of nitrogens with zero attached hydrogens (tertiary/aromatic N) is 3. The van der Waals surface area contributed by atoms with Gasteiger partial charge in [-0.3, -0.25) is 14.5 Å². The summed E-state index contributed by atoms with van der Waals surface area (Å²) in [5, 5.41) is 10.6. The molecular weight excluding hydrogens is 433 g/mol. The molecule has 0 spiro atoms. The molecular formula is C17H30IN5O2. The molecule has 0 saturated heterocycles. The van der Waals surface area contributed by atoms with Crippen molar-refractivity contribution < 1.29 is 9.53 Å². The summed E-state index contributed by atoms with van der Waals surface area (Å²) in [6.07, 6.45) is 10.5. The maximum Gasteiger partial charge on any atom is 0.306 e. The zero-order valence-electron chi connectivity index (χ0n) is 14.9. The second-order valence-electron chi connectivity index (χ2n) is 6.05. The van der Waals surface area contributed by atoms with Crippen LogP contribution in [-0.4, -0.2) is 48.0 Å². The van der Waals surface area contributed by atoms with Crippen LogP contribution < -0.4 is 10.6 Å². The van der Waals surface area contributed by atoms with Crippen molar-refractivity contribution >= 4 is 35.9 Å². The second-order valence-corrected chi connectivity index (χ2v) is 6.05. The Hall–Kier alpha value is -1.32. The highest BCUT2D eigenvalue weighted by Gasteiger charge is 2.18. The Morgan fingerprint density at radius 3 is 2.64 bits per heavy atom. The smallest absolute Gasteiger partial charge is 0.306 e. The third-order valence-corrected chi connectivity index (χ3v) is 4.09. The molecule has 1 aromatic rings. The van der Waals surface area contributed by atoms with Gasteiger partial charge in [-0.1, -0.05) is 0 Å². The standard InChI is InChI=1S/C17H29N5O2.HI/c1-18-17(20-11-5-13-22-14-6-12-21-22)19-10-4-9-16(23)24-15-7-2-3-8-15;/h6,12,14-15H,2-5,7-11,13H2,1H3,(H2,18,19,20);1H. The van der Waals surface area contributed by atoms with E-state index < -0.39 is 0 Å². The number of rotatable bonds is 9. The number of ether oxygens (including phenoxy) is 1. The van der Waals surface area contributed by atoms with E-state index in [9.17, 15) is 4.79 Å². The zero-order valence-corrected chi connectivity index (χ0v) is 17.3. The Bertz CT molecular complexity index is 501. The number of hydrogen-bond donors (Lipinski definition) is 2. The number of aromatic nitrogens is 2. The van der Waals surface area contributed by atoms with Crippen molar-refractivity contribution in [2.24, 2.45) is 4.99 Å². The fourth-order valence-electron chi connectivity index (χ4n) is 2.79. The van der Waals surface area contributed by atoms with Crippen LogP contribution in [0, 0.1) is 0 Å². The summed E-state index contributed by atoms with van der Waals surface area (Å²) in [6.45, 7) is 2.41. The summed E-state index contributed by atoms with van der Waals surface area (Å²) in [5.74, 6) is 0.686. The SMILES string of the molecule is CN=C(NCCCC(=O)OC1CCCC1)NCCCn1cccn1.I. The van der Waals surface area contributed by atoms with Gasteiger partial charge in [0, 0.05) is 45.5 Å². The van der Waals surface area contributed by atoms with Crippen LogP contribution >= 0.6 is 24.0 Å². The fraction of sp³-hybridized carbons (Fsp3) is 0.706. The fourth-order valence-corrected chi connectivity index (χ4v) is 2.79. The van der Waals surface area contributed by atoms with E-state index in [0.29, 0.717) is 13.0 Å². The van der Waals surface area contributed by atoms with Crippen LogP contribution in [0.15, 0.2) is 23.5 Å². The normalized spacial score (nSPS) is 14.8. The van der Waals surface area contributed by atoms with Gasteiger partial charge in [0.25, 0.3) is 0 Å². The van der Waals surface area contributed by atoms with Crippen LogP contribution in [0.25, 0.3) is 0 Å². The van der Waals surface area contributed by atoms with E-state index in [-0.39, 0.29) is 36.0 Å². The number of aryl methyl sites for hydroxylation is 1. The minimum atomic E-state index is -0.0779. The van der Waals surface area contributed by atoms with E-state index in [4.69, 9.17) is 4.74 Å². The predicted octanol–water partition coefficient (Wildman–Crippen LogP) is 2.32. The maximum absolute atomic E-state index is 11.7. The Morgan fingerprint density at radius 1 is 1.28 bits per heavy atom. The van der Waals surface area contributed by atoms with Crippen LogP contribution in [0.1, 0.15) is 44.9 Å². The predicted molar refractivity (Wildman–Crippen MR) is 109 cm³/mol. The van der Waals surface area contributed by atoms with Crippen LogP contribution in [0.3, 0.4) is 0 Å². The van der Waals surface area contributed by atoms with Gasteiger partial charge in [-0.15, -0.1) is 24.0 Å². The van der Waals surface area contributed by atoms with E-state index in [2.05, 4.69) is 20.7 Å². The quantitative estimate of drug-likeness (QED) is 0.193. The Balaban J connectivity index is 0.00000312. The molecule has 0 atom stereocenters. The number of halogens is 1. The molecule has 0 bridgehead atoms. The first kappa shape index (κ1) is 21.7. The van der Waals surface area contributed by atoms with Gasteiger partial charge in [0.15, 0.2) is 5.96 Å². The number of nitrogens with one attached hydrogen (secondary N) is 2. The Morgan fingerprint density at radius 2 is 2.00 bits per heavy atom. The first-order valence-electron chi connectivity index (χ1n) is 8.89. The van der Waals surface area contributed by atoms with Crippen molar-refractivity contribution in [3.8, 4) is 0 Å². The molecule has 1 aliphatic carbocycles. The van der Waals surface area contributed by atoms with Gasteiger partial charge in [-0.05, 0) is 44.6 Å². The average molecular weight is 463 g/mol. The van der Waals surface area contributed by atoms with Crippen LogP contribution in [0.5, 0.6) is 0 Å². The van der Waals surface area contributed by atoms with Crippen molar-refractivity contribution in [1.29, 1.82) is 0 Å². The number of hydrogen-bond acceptors (Lipinski definition) is 4. The van der Waals surface area contributed by atoms with Crippen molar-refractivity contribution in [3.63, 3.8) is 0 Å². The van der Waals surface area contributed by atoms with E-state index in [1.54, 1.807) is 13.2 Å². The molecule has 0 radical (unpaired) electrons. The van der Waals surface area contributed by atoms with E-state index in [1.165, 1.54) is 12.8 Å². The lowest BCUT2D eigenvalue weighted by Crippen LogP contribution is -2.38. The lowest BCUT2D eigenvalue weighted by molar-refractivity contribution is -0.148. The van der Waals surface area contributed by atoms with Gasteiger partial charge in [0.1, 0.15) is 6.10 Å². The summed E-state index contributed by atoms with van der Waals surface area (Å²) in [5.41, 5.74) is 0. The van der Waals surface area contributed by atoms with Crippen molar-refractivity contribution in [2.75, 3.05) is 20.1 Å². The monoisotopic (exact) mass is 463 g/mol. The number of esters is 1. The van der Waals surface area contributed by atoms with Crippen LogP contribution in [-0.2, 0) is 16.1 Å². The number of guanidine groups is 1. The van der Waals surface area contributed by atoms with Gasteiger partial charge in [0.05, 0.1) is 0 Å². The van der Waals surface area contributed by atoms with Crippen molar-refractivity contribution in [1.82, 2.24) is 20.4 Å². The Kier molecular flexibility index (Phi) is 11.3. The molecule has 0 amide bonds. The first-order chi connectivity index (χ1) is 11.8. The number of carbonyl (C=O) groups is 1. The molecule has 142 valence electrons. The average Bonchev–Trinajstić information content (AvgIpc) is 3.27. The largest absolute Gasteiger partial charge is 0.462 e. The highest BCUT2D eigenvalue weighted by Crippen LogP contribution is 2.21. The molecule has 1 aliphatic rings. The van der Waals surface area contributed by atoms with Gasteiger partial charge >= 0.3 is 5.97 Å². The molecule has 8 heteroatoms. The molecule has 7 nitrogen and oxygen atoms in total. The second kappa shape index (κ2) is 13.0. The molecule has 2 rings (SSSR count). The van der Waals surface area contributed by atoms with Gasteiger partial charge < -0.3 is 15.4 Å².